The second kappa shape index (κ2) is 8.67. The van der Waals surface area contributed by atoms with Crippen LogP contribution in [-0.2, 0) is 6.54 Å². The smallest absolute Gasteiger partial charge is 0.315 e. The number of nitrogens with one attached hydrogen (secondary N) is 2. The molecule has 1 aromatic heterocycles. The molecule has 1 aromatic carbocycles. The van der Waals surface area contributed by atoms with Crippen molar-refractivity contribution in [2.75, 3.05) is 6.61 Å². The lowest BCUT2D eigenvalue weighted by Gasteiger charge is -2.22. The molecule has 0 fully saturated rings. The molecule has 0 aliphatic carbocycles. The fraction of sp³-hybridized carbons (Fsp3) is 0.474. The van der Waals surface area contributed by atoms with E-state index >= 15 is 0 Å². The zero-order chi connectivity index (χ0) is 18.4. The molecular weight excluding hydrogens is 316 g/mol. The van der Waals surface area contributed by atoms with Crippen molar-refractivity contribution in [3.05, 3.63) is 47.3 Å². The molecule has 0 radical (unpaired) electrons. The van der Waals surface area contributed by atoms with E-state index in [0.717, 1.165) is 22.6 Å². The maximum atomic E-state index is 12.2. The third kappa shape index (κ3) is 5.06. The molecule has 3 N–H and O–H groups in total. The van der Waals surface area contributed by atoms with Gasteiger partial charge in [-0.2, -0.15) is 5.10 Å². The Bertz CT molecular complexity index is 709. The lowest BCUT2D eigenvalue weighted by atomic mass is 10.0. The van der Waals surface area contributed by atoms with Gasteiger partial charge in [-0.3, -0.25) is 0 Å². The highest BCUT2D eigenvalue weighted by molar-refractivity contribution is 5.74. The van der Waals surface area contributed by atoms with Gasteiger partial charge in [-0.15, -0.1) is 0 Å². The van der Waals surface area contributed by atoms with Crippen molar-refractivity contribution in [1.29, 1.82) is 0 Å². The number of amides is 2. The fourth-order valence-electron chi connectivity index (χ4n) is 2.85. The molecule has 0 aliphatic rings. The summed E-state index contributed by atoms with van der Waals surface area (Å²) in [5, 5.41) is 19.5. The predicted octanol–water partition coefficient (Wildman–Crippen LogP) is 2.70. The van der Waals surface area contributed by atoms with Gasteiger partial charge in [-0.25, -0.2) is 9.48 Å². The molecule has 1 heterocycles. The average molecular weight is 344 g/mol. The van der Waals surface area contributed by atoms with E-state index in [1.165, 1.54) is 0 Å². The summed E-state index contributed by atoms with van der Waals surface area (Å²) in [6, 6.07) is 9.65. The van der Waals surface area contributed by atoms with Crippen molar-refractivity contribution in [3.63, 3.8) is 0 Å². The van der Waals surface area contributed by atoms with Crippen LogP contribution < -0.4 is 10.6 Å². The molecule has 2 amide bonds. The highest BCUT2D eigenvalue weighted by Gasteiger charge is 2.16. The fourth-order valence-corrected chi connectivity index (χ4v) is 2.85. The van der Waals surface area contributed by atoms with Crippen LogP contribution in [0.3, 0.4) is 0 Å². The molecule has 1 unspecified atom stereocenters. The largest absolute Gasteiger partial charge is 0.396 e. The number of urea groups is 1. The normalized spacial score (nSPS) is 12.2. The van der Waals surface area contributed by atoms with Gasteiger partial charge in [0.2, 0.25) is 0 Å². The predicted molar refractivity (Wildman–Crippen MR) is 98.7 cm³/mol. The van der Waals surface area contributed by atoms with E-state index in [1.54, 1.807) is 0 Å². The summed E-state index contributed by atoms with van der Waals surface area (Å²) in [6.45, 7) is 8.50. The van der Waals surface area contributed by atoms with Crippen LogP contribution in [0.1, 0.15) is 37.2 Å². The number of aromatic nitrogens is 2. The van der Waals surface area contributed by atoms with E-state index in [0.29, 0.717) is 13.0 Å². The van der Waals surface area contributed by atoms with E-state index in [2.05, 4.69) is 15.7 Å². The summed E-state index contributed by atoms with van der Waals surface area (Å²) in [4.78, 5) is 12.2. The SMILES string of the molecule is Cc1cc(C)n(-c2ccccc2CNC(=O)NC(CCO)C(C)C)n1. The molecule has 2 rings (SSSR count). The minimum atomic E-state index is -0.227. The Morgan fingerprint density at radius 1 is 1.28 bits per heavy atom. The number of aliphatic hydroxyl groups is 1. The van der Waals surface area contributed by atoms with Crippen LogP contribution in [0.4, 0.5) is 4.79 Å². The van der Waals surface area contributed by atoms with Crippen LogP contribution in [0.25, 0.3) is 5.69 Å². The van der Waals surface area contributed by atoms with Gasteiger partial charge in [0.25, 0.3) is 0 Å². The highest BCUT2D eigenvalue weighted by atomic mass is 16.3. The summed E-state index contributed by atoms with van der Waals surface area (Å²) in [5.41, 5.74) is 3.97. The second-order valence-corrected chi connectivity index (χ2v) is 6.66. The molecule has 2 aromatic rings. The van der Waals surface area contributed by atoms with Gasteiger partial charge in [-0.05, 0) is 43.9 Å². The Balaban J connectivity index is 2.06. The van der Waals surface area contributed by atoms with Gasteiger partial charge in [0.05, 0.1) is 11.4 Å². The number of carbonyl (C=O) groups is 1. The first-order valence-corrected chi connectivity index (χ1v) is 8.69. The molecule has 0 aliphatic heterocycles. The minimum absolute atomic E-state index is 0.0451. The van der Waals surface area contributed by atoms with E-state index in [4.69, 9.17) is 5.11 Å². The van der Waals surface area contributed by atoms with Crippen LogP contribution in [0.15, 0.2) is 30.3 Å². The summed E-state index contributed by atoms with van der Waals surface area (Å²) in [7, 11) is 0. The van der Waals surface area contributed by atoms with E-state index < -0.39 is 0 Å². The van der Waals surface area contributed by atoms with Crippen molar-refractivity contribution < 1.29 is 9.90 Å². The number of para-hydroxylation sites is 1. The molecule has 1 atom stereocenters. The molecular formula is C19H28N4O2. The van der Waals surface area contributed by atoms with Crippen molar-refractivity contribution >= 4 is 6.03 Å². The number of carbonyl (C=O) groups excluding carboxylic acids is 1. The lowest BCUT2D eigenvalue weighted by Crippen LogP contribution is -2.44. The standard InChI is InChI=1S/C19H28N4O2/c1-13(2)17(9-10-24)21-19(25)20-12-16-7-5-6-8-18(16)23-15(4)11-14(3)22-23/h5-8,11,13,17,24H,9-10,12H2,1-4H3,(H2,20,21,25). The Morgan fingerprint density at radius 2 is 2.00 bits per heavy atom. The third-order valence-corrected chi connectivity index (χ3v) is 4.23. The Kier molecular flexibility index (Phi) is 6.58. The van der Waals surface area contributed by atoms with E-state index in [9.17, 15) is 4.79 Å². The summed E-state index contributed by atoms with van der Waals surface area (Å²) < 4.78 is 1.90. The zero-order valence-electron chi connectivity index (χ0n) is 15.4. The first-order valence-electron chi connectivity index (χ1n) is 8.69. The summed E-state index contributed by atoms with van der Waals surface area (Å²) in [5.74, 6) is 0.264. The van der Waals surface area contributed by atoms with Gasteiger partial charge >= 0.3 is 6.03 Å². The summed E-state index contributed by atoms with van der Waals surface area (Å²) >= 11 is 0. The maximum absolute atomic E-state index is 12.2. The molecule has 6 nitrogen and oxygen atoms in total. The lowest BCUT2D eigenvalue weighted by molar-refractivity contribution is 0.218. The van der Waals surface area contributed by atoms with Crippen molar-refractivity contribution in [2.24, 2.45) is 5.92 Å². The molecule has 0 saturated heterocycles. The summed E-state index contributed by atoms with van der Waals surface area (Å²) in [6.07, 6.45) is 0.549. The number of benzene rings is 1. The van der Waals surface area contributed by atoms with Crippen LogP contribution in [0, 0.1) is 19.8 Å². The number of nitrogens with zero attached hydrogens (tertiary/aromatic N) is 2. The number of hydrogen-bond acceptors (Lipinski definition) is 3. The van der Waals surface area contributed by atoms with Crippen LogP contribution in [0.2, 0.25) is 0 Å². The van der Waals surface area contributed by atoms with Gasteiger partial charge in [0.15, 0.2) is 0 Å². The van der Waals surface area contributed by atoms with Gasteiger partial charge < -0.3 is 15.7 Å². The average Bonchev–Trinajstić information content (AvgIpc) is 2.91. The zero-order valence-corrected chi connectivity index (χ0v) is 15.4. The topological polar surface area (TPSA) is 79.2 Å². The van der Waals surface area contributed by atoms with Gasteiger partial charge in [0, 0.05) is 24.9 Å². The van der Waals surface area contributed by atoms with Crippen molar-refractivity contribution in [1.82, 2.24) is 20.4 Å². The van der Waals surface area contributed by atoms with E-state index in [-0.39, 0.29) is 24.6 Å². The van der Waals surface area contributed by atoms with Crippen LogP contribution in [0.5, 0.6) is 0 Å². The second-order valence-electron chi connectivity index (χ2n) is 6.66. The van der Waals surface area contributed by atoms with Crippen LogP contribution >= 0.6 is 0 Å². The Morgan fingerprint density at radius 3 is 2.60 bits per heavy atom. The molecule has 6 heteroatoms. The highest BCUT2D eigenvalue weighted by Crippen LogP contribution is 2.17. The van der Waals surface area contributed by atoms with Gasteiger partial charge in [-0.1, -0.05) is 32.0 Å². The Labute approximate surface area is 149 Å². The number of rotatable bonds is 7. The molecule has 136 valence electrons. The minimum Gasteiger partial charge on any atom is -0.396 e. The maximum Gasteiger partial charge on any atom is 0.315 e. The van der Waals surface area contributed by atoms with E-state index in [1.807, 2.05) is 62.7 Å². The van der Waals surface area contributed by atoms with Crippen molar-refractivity contribution in [2.45, 2.75) is 46.7 Å². The molecule has 0 spiro atoms. The van der Waals surface area contributed by atoms with Crippen molar-refractivity contribution in [3.8, 4) is 5.69 Å². The first kappa shape index (κ1) is 19.0. The monoisotopic (exact) mass is 344 g/mol. The molecule has 25 heavy (non-hydrogen) atoms. The molecule has 0 bridgehead atoms. The third-order valence-electron chi connectivity index (χ3n) is 4.23. The molecule has 0 saturated carbocycles. The first-order chi connectivity index (χ1) is 11.9. The Hall–Kier alpha value is -2.34. The number of aryl methyl sites for hydroxylation is 2. The van der Waals surface area contributed by atoms with Crippen LogP contribution in [-0.4, -0.2) is 33.6 Å². The van der Waals surface area contributed by atoms with Gasteiger partial charge in [0.1, 0.15) is 0 Å². The number of hydrogen-bond donors (Lipinski definition) is 3. The number of aliphatic hydroxyl groups excluding tert-OH is 1. The quantitative estimate of drug-likeness (QED) is 0.722.